The van der Waals surface area contributed by atoms with Crippen molar-refractivity contribution < 1.29 is 17.9 Å². The number of nitrogens with zero attached hydrogens (tertiary/aromatic N) is 1. The Bertz CT molecular complexity index is 866. The molecule has 2 heterocycles. The van der Waals surface area contributed by atoms with Crippen molar-refractivity contribution in [2.75, 3.05) is 23.9 Å². The van der Waals surface area contributed by atoms with E-state index in [2.05, 4.69) is 15.6 Å². The third kappa shape index (κ3) is 4.27. The summed E-state index contributed by atoms with van der Waals surface area (Å²) in [4.78, 5) is 16.4. The van der Waals surface area contributed by atoms with Crippen LogP contribution < -0.4 is 15.4 Å². The number of methoxy groups -OCH3 is 1. The van der Waals surface area contributed by atoms with Gasteiger partial charge in [0.1, 0.15) is 11.6 Å². The second-order valence-electron chi connectivity index (χ2n) is 5.83. The number of nitrogens with one attached hydrogen (secondary N) is 2. The van der Waals surface area contributed by atoms with Gasteiger partial charge in [-0.25, -0.2) is 13.4 Å². The number of aromatic nitrogens is 1. The lowest BCUT2D eigenvalue weighted by Crippen LogP contribution is -2.35. The molecule has 0 saturated carbocycles. The summed E-state index contributed by atoms with van der Waals surface area (Å²) in [6, 6.07) is 10.4. The van der Waals surface area contributed by atoms with Gasteiger partial charge in [0.15, 0.2) is 9.84 Å². The number of hydrogen-bond donors (Lipinski definition) is 2. The van der Waals surface area contributed by atoms with Gasteiger partial charge >= 0.3 is 0 Å². The number of amides is 1. The molecular weight excluding hydrogens is 342 g/mol. The molecule has 2 N–H and O–H groups in total. The smallest absolute Gasteiger partial charge is 0.253 e. The molecule has 3 rings (SSSR count). The Morgan fingerprint density at radius 3 is 2.68 bits per heavy atom. The number of carbonyl (C=O) groups is 1. The van der Waals surface area contributed by atoms with Gasteiger partial charge in [-0.05, 0) is 30.7 Å². The van der Waals surface area contributed by atoms with Crippen LogP contribution in [0.25, 0.3) is 0 Å². The maximum Gasteiger partial charge on any atom is 0.253 e. The van der Waals surface area contributed by atoms with Crippen LogP contribution in [0.15, 0.2) is 42.6 Å². The summed E-state index contributed by atoms with van der Waals surface area (Å²) in [5, 5.41) is 5.87. The van der Waals surface area contributed by atoms with Crippen molar-refractivity contribution in [3.63, 3.8) is 0 Å². The minimum atomic E-state index is -3.02. The highest BCUT2D eigenvalue weighted by atomic mass is 32.2. The van der Waals surface area contributed by atoms with Gasteiger partial charge in [0.2, 0.25) is 0 Å². The van der Waals surface area contributed by atoms with E-state index in [-0.39, 0.29) is 23.5 Å². The number of carbonyl (C=O) groups excluding carboxylic acids is 1. The molecule has 1 amide bonds. The van der Waals surface area contributed by atoms with E-state index in [1.165, 1.54) is 6.20 Å². The van der Waals surface area contributed by atoms with E-state index in [0.29, 0.717) is 23.6 Å². The number of pyridine rings is 1. The molecule has 132 valence electrons. The summed E-state index contributed by atoms with van der Waals surface area (Å²) in [6.45, 7) is 0. The van der Waals surface area contributed by atoms with Crippen LogP contribution in [0.3, 0.4) is 0 Å². The zero-order valence-corrected chi connectivity index (χ0v) is 14.5. The Kier molecular flexibility index (Phi) is 4.89. The van der Waals surface area contributed by atoms with Crippen molar-refractivity contribution in [2.45, 2.75) is 12.5 Å². The Hall–Kier alpha value is -2.61. The lowest BCUT2D eigenvalue weighted by molar-refractivity contribution is 0.0941. The molecule has 1 saturated heterocycles. The van der Waals surface area contributed by atoms with Crippen LogP contribution in [-0.2, 0) is 9.84 Å². The molecule has 25 heavy (non-hydrogen) atoms. The van der Waals surface area contributed by atoms with Crippen LogP contribution in [0, 0.1) is 0 Å². The molecule has 7 nitrogen and oxygen atoms in total. The van der Waals surface area contributed by atoms with Crippen molar-refractivity contribution in [1.82, 2.24) is 10.3 Å². The van der Waals surface area contributed by atoms with E-state index >= 15 is 0 Å². The molecule has 1 aromatic carbocycles. The predicted molar refractivity (Wildman–Crippen MR) is 95.0 cm³/mol. The van der Waals surface area contributed by atoms with Crippen LogP contribution in [0.1, 0.15) is 16.8 Å². The fourth-order valence-corrected chi connectivity index (χ4v) is 4.34. The zero-order chi connectivity index (χ0) is 17.9. The Morgan fingerprint density at radius 1 is 1.24 bits per heavy atom. The number of benzene rings is 1. The van der Waals surface area contributed by atoms with Crippen molar-refractivity contribution in [3.05, 3.63) is 48.2 Å². The van der Waals surface area contributed by atoms with E-state index < -0.39 is 9.84 Å². The molecule has 0 bridgehead atoms. The third-order valence-electron chi connectivity index (χ3n) is 3.96. The largest absolute Gasteiger partial charge is 0.495 e. The molecule has 1 aliphatic rings. The first-order valence-electron chi connectivity index (χ1n) is 7.84. The molecule has 1 aromatic heterocycles. The maximum atomic E-state index is 12.2. The molecule has 1 atom stereocenters. The average molecular weight is 361 g/mol. The first kappa shape index (κ1) is 17.2. The highest BCUT2D eigenvalue weighted by Crippen LogP contribution is 2.26. The summed E-state index contributed by atoms with van der Waals surface area (Å²) in [7, 11) is -1.44. The first-order chi connectivity index (χ1) is 12.0. The number of sulfone groups is 1. The third-order valence-corrected chi connectivity index (χ3v) is 5.73. The van der Waals surface area contributed by atoms with Crippen LogP contribution in [0.2, 0.25) is 0 Å². The normalized spacial score (nSPS) is 18.5. The van der Waals surface area contributed by atoms with Gasteiger partial charge in [0.05, 0.1) is 29.9 Å². The van der Waals surface area contributed by atoms with Gasteiger partial charge in [0.25, 0.3) is 5.91 Å². The quantitative estimate of drug-likeness (QED) is 0.842. The Labute approximate surface area is 146 Å². The van der Waals surface area contributed by atoms with Gasteiger partial charge in [-0.3, -0.25) is 4.79 Å². The summed E-state index contributed by atoms with van der Waals surface area (Å²) < 4.78 is 28.2. The Balaban J connectivity index is 1.65. The molecule has 2 aromatic rings. The van der Waals surface area contributed by atoms with Gasteiger partial charge in [-0.1, -0.05) is 12.1 Å². The lowest BCUT2D eigenvalue weighted by atomic mass is 10.2. The second-order valence-corrected chi connectivity index (χ2v) is 8.06. The van der Waals surface area contributed by atoms with E-state index in [4.69, 9.17) is 4.74 Å². The zero-order valence-electron chi connectivity index (χ0n) is 13.7. The molecule has 1 aliphatic heterocycles. The summed E-state index contributed by atoms with van der Waals surface area (Å²) in [5.74, 6) is 1.06. The van der Waals surface area contributed by atoms with Crippen molar-refractivity contribution >= 4 is 27.2 Å². The monoisotopic (exact) mass is 361 g/mol. The molecule has 0 radical (unpaired) electrons. The van der Waals surface area contributed by atoms with Gasteiger partial charge in [-0.15, -0.1) is 0 Å². The van der Waals surface area contributed by atoms with Crippen molar-refractivity contribution in [2.24, 2.45) is 0 Å². The van der Waals surface area contributed by atoms with E-state index in [1.807, 2.05) is 24.3 Å². The van der Waals surface area contributed by atoms with Gasteiger partial charge in [0, 0.05) is 12.2 Å². The second kappa shape index (κ2) is 7.10. The van der Waals surface area contributed by atoms with Crippen LogP contribution in [0.4, 0.5) is 11.5 Å². The standard InChI is InChI=1S/C17H19N3O4S/c1-24-15-5-3-2-4-14(15)20-16-7-6-12(10-18-16)17(21)19-13-8-9-25(22,23)11-13/h2-7,10,13H,8-9,11H2,1H3,(H,18,20)(H,19,21). The lowest BCUT2D eigenvalue weighted by Gasteiger charge is -2.12. The number of para-hydroxylation sites is 2. The molecule has 0 aliphatic carbocycles. The van der Waals surface area contributed by atoms with E-state index in [9.17, 15) is 13.2 Å². The Morgan fingerprint density at radius 2 is 2.04 bits per heavy atom. The SMILES string of the molecule is COc1ccccc1Nc1ccc(C(=O)NC2CCS(=O)(=O)C2)cn1. The topological polar surface area (TPSA) is 97.4 Å². The van der Waals surface area contributed by atoms with Crippen molar-refractivity contribution in [3.8, 4) is 5.75 Å². The van der Waals surface area contributed by atoms with Crippen LogP contribution >= 0.6 is 0 Å². The highest BCUT2D eigenvalue weighted by molar-refractivity contribution is 7.91. The minimum absolute atomic E-state index is 0.000387. The number of anilines is 2. The van der Waals surface area contributed by atoms with Gasteiger partial charge < -0.3 is 15.4 Å². The van der Waals surface area contributed by atoms with E-state index in [1.54, 1.807) is 19.2 Å². The molecule has 0 spiro atoms. The molecule has 1 unspecified atom stereocenters. The highest BCUT2D eigenvalue weighted by Gasteiger charge is 2.29. The summed E-state index contributed by atoms with van der Waals surface area (Å²) >= 11 is 0. The average Bonchev–Trinajstić information content (AvgIpc) is 2.94. The fraction of sp³-hybridized carbons (Fsp3) is 0.294. The number of rotatable bonds is 5. The first-order valence-corrected chi connectivity index (χ1v) is 9.66. The maximum absolute atomic E-state index is 12.2. The molecule has 1 fully saturated rings. The van der Waals surface area contributed by atoms with Gasteiger partial charge in [-0.2, -0.15) is 0 Å². The van der Waals surface area contributed by atoms with Crippen LogP contribution in [-0.4, -0.2) is 44.0 Å². The predicted octanol–water partition coefficient (Wildman–Crippen LogP) is 1.75. The van der Waals surface area contributed by atoms with Crippen molar-refractivity contribution in [1.29, 1.82) is 0 Å². The number of ether oxygens (including phenoxy) is 1. The molecular formula is C17H19N3O4S. The summed E-state index contributed by atoms with van der Waals surface area (Å²) in [6.07, 6.45) is 1.91. The number of hydrogen-bond acceptors (Lipinski definition) is 6. The van der Waals surface area contributed by atoms with Crippen LogP contribution in [0.5, 0.6) is 5.75 Å². The summed E-state index contributed by atoms with van der Waals surface area (Å²) in [5.41, 5.74) is 1.15. The fourth-order valence-electron chi connectivity index (χ4n) is 2.67. The van der Waals surface area contributed by atoms with E-state index in [0.717, 1.165) is 5.69 Å². The minimum Gasteiger partial charge on any atom is -0.495 e. The molecule has 8 heteroatoms.